The molecular weight excluding hydrogens is 326 g/mol. The maximum atomic E-state index is 13.7. The van der Waals surface area contributed by atoms with Gasteiger partial charge in [0.1, 0.15) is 35.3 Å². The van der Waals surface area contributed by atoms with Crippen LogP contribution < -0.4 is 15.4 Å². The lowest BCUT2D eigenvalue weighted by Gasteiger charge is -2.10. The molecule has 1 heterocycles. The molecule has 0 radical (unpaired) electrons. The van der Waals surface area contributed by atoms with Crippen molar-refractivity contribution in [2.24, 2.45) is 0 Å². The third-order valence-corrected chi connectivity index (χ3v) is 3.49. The Morgan fingerprint density at radius 3 is 2.44 bits per heavy atom. The topological polar surface area (TPSA) is 59.1 Å². The lowest BCUT2D eigenvalue weighted by molar-refractivity contribution is 0.414. The fourth-order valence-electron chi connectivity index (χ4n) is 2.19. The molecule has 0 atom stereocenters. The number of benzene rings is 2. The van der Waals surface area contributed by atoms with Crippen molar-refractivity contribution in [2.45, 2.75) is 6.54 Å². The van der Waals surface area contributed by atoms with Crippen LogP contribution in [-0.2, 0) is 6.54 Å². The largest absolute Gasteiger partial charge is 0.497 e. The molecule has 128 valence electrons. The molecule has 1 aromatic heterocycles. The van der Waals surface area contributed by atoms with Gasteiger partial charge >= 0.3 is 0 Å². The summed E-state index contributed by atoms with van der Waals surface area (Å²) in [5, 5.41) is 5.97. The van der Waals surface area contributed by atoms with E-state index in [4.69, 9.17) is 4.74 Å². The smallest absolute Gasteiger partial charge is 0.149 e. The number of ether oxygens (including phenoxy) is 1. The van der Waals surface area contributed by atoms with Crippen molar-refractivity contribution in [3.05, 3.63) is 72.1 Å². The summed E-state index contributed by atoms with van der Waals surface area (Å²) < 4.78 is 31.8. The van der Waals surface area contributed by atoms with Crippen molar-refractivity contribution in [3.63, 3.8) is 0 Å². The Kier molecular flexibility index (Phi) is 5.03. The summed E-state index contributed by atoms with van der Waals surface area (Å²) >= 11 is 0. The maximum absolute atomic E-state index is 13.7. The zero-order chi connectivity index (χ0) is 17.6. The van der Waals surface area contributed by atoms with Crippen molar-refractivity contribution in [3.8, 4) is 5.75 Å². The van der Waals surface area contributed by atoms with Crippen LogP contribution in [0.5, 0.6) is 5.75 Å². The van der Waals surface area contributed by atoms with E-state index < -0.39 is 11.6 Å². The van der Waals surface area contributed by atoms with Crippen molar-refractivity contribution in [1.82, 2.24) is 9.97 Å². The lowest BCUT2D eigenvalue weighted by atomic mass is 10.2. The first kappa shape index (κ1) is 16.6. The van der Waals surface area contributed by atoms with Gasteiger partial charge in [-0.05, 0) is 29.8 Å². The predicted octanol–water partition coefficient (Wildman–Crippen LogP) is 4.12. The Morgan fingerprint density at radius 2 is 1.72 bits per heavy atom. The second-order valence-corrected chi connectivity index (χ2v) is 5.24. The molecule has 0 spiro atoms. The van der Waals surface area contributed by atoms with Gasteiger partial charge in [0.05, 0.1) is 12.8 Å². The van der Waals surface area contributed by atoms with E-state index in [0.29, 0.717) is 18.2 Å². The van der Waals surface area contributed by atoms with Crippen LogP contribution in [0, 0.1) is 11.6 Å². The zero-order valence-corrected chi connectivity index (χ0v) is 13.5. The van der Waals surface area contributed by atoms with Gasteiger partial charge in [-0.25, -0.2) is 18.7 Å². The van der Waals surface area contributed by atoms with Crippen LogP contribution in [0.4, 0.5) is 26.1 Å². The standard InChI is InChI=1S/C18H16F2N4O/c1-25-14-5-2-12(3-6-14)10-21-17-9-18(23-11-22-17)24-16-7-4-13(19)8-15(16)20/h2-9,11H,10H2,1H3,(H2,21,22,23,24). The van der Waals surface area contributed by atoms with Gasteiger partial charge in [-0.15, -0.1) is 0 Å². The molecule has 0 bridgehead atoms. The second-order valence-electron chi connectivity index (χ2n) is 5.24. The summed E-state index contributed by atoms with van der Waals surface area (Å²) in [5.74, 6) is 0.450. The van der Waals surface area contributed by atoms with E-state index in [-0.39, 0.29) is 5.69 Å². The van der Waals surface area contributed by atoms with Crippen LogP contribution in [0.3, 0.4) is 0 Å². The number of hydrogen-bond donors (Lipinski definition) is 2. The average Bonchev–Trinajstić information content (AvgIpc) is 2.63. The van der Waals surface area contributed by atoms with E-state index in [1.165, 1.54) is 18.5 Å². The first-order valence-electron chi connectivity index (χ1n) is 7.55. The Hall–Kier alpha value is -3.22. The quantitative estimate of drug-likeness (QED) is 0.706. The molecule has 0 aliphatic heterocycles. The third-order valence-electron chi connectivity index (χ3n) is 3.49. The minimum atomic E-state index is -0.689. The molecule has 0 aliphatic rings. The molecule has 5 nitrogen and oxygen atoms in total. The third kappa shape index (κ3) is 4.41. The van der Waals surface area contributed by atoms with Gasteiger partial charge in [-0.3, -0.25) is 0 Å². The Bertz CT molecular complexity index is 856. The molecular formula is C18H16F2N4O. The summed E-state index contributed by atoms with van der Waals surface area (Å²) in [6.07, 6.45) is 1.36. The number of anilines is 3. The molecule has 0 aliphatic carbocycles. The molecule has 2 aromatic carbocycles. The zero-order valence-electron chi connectivity index (χ0n) is 13.5. The lowest BCUT2D eigenvalue weighted by Crippen LogP contribution is -2.03. The summed E-state index contributed by atoms with van der Waals surface area (Å²) in [7, 11) is 1.62. The monoisotopic (exact) mass is 342 g/mol. The number of nitrogens with zero attached hydrogens (tertiary/aromatic N) is 2. The second kappa shape index (κ2) is 7.57. The highest BCUT2D eigenvalue weighted by molar-refractivity contribution is 5.59. The molecule has 25 heavy (non-hydrogen) atoms. The van der Waals surface area contributed by atoms with Gasteiger partial charge in [0.2, 0.25) is 0 Å². The van der Waals surface area contributed by atoms with Crippen molar-refractivity contribution in [1.29, 1.82) is 0 Å². The van der Waals surface area contributed by atoms with E-state index >= 15 is 0 Å². The minimum absolute atomic E-state index is 0.140. The van der Waals surface area contributed by atoms with Crippen molar-refractivity contribution in [2.75, 3.05) is 17.7 Å². The van der Waals surface area contributed by atoms with Crippen LogP contribution in [0.2, 0.25) is 0 Å². The number of methoxy groups -OCH3 is 1. The first-order valence-corrected chi connectivity index (χ1v) is 7.55. The molecule has 3 rings (SSSR count). The Balaban J connectivity index is 1.66. The molecule has 0 unspecified atom stereocenters. The first-order chi connectivity index (χ1) is 12.1. The highest BCUT2D eigenvalue weighted by atomic mass is 19.1. The van der Waals surface area contributed by atoms with Crippen LogP contribution in [0.1, 0.15) is 5.56 Å². The van der Waals surface area contributed by atoms with E-state index in [2.05, 4.69) is 20.6 Å². The maximum Gasteiger partial charge on any atom is 0.149 e. The fourth-order valence-corrected chi connectivity index (χ4v) is 2.19. The van der Waals surface area contributed by atoms with E-state index in [1.54, 1.807) is 13.2 Å². The highest BCUT2D eigenvalue weighted by Crippen LogP contribution is 2.20. The molecule has 2 N–H and O–H groups in total. The van der Waals surface area contributed by atoms with E-state index in [9.17, 15) is 8.78 Å². The Morgan fingerprint density at radius 1 is 0.960 bits per heavy atom. The average molecular weight is 342 g/mol. The van der Waals surface area contributed by atoms with Gasteiger partial charge in [0.25, 0.3) is 0 Å². The van der Waals surface area contributed by atoms with Gasteiger partial charge in [0, 0.05) is 18.7 Å². The van der Waals surface area contributed by atoms with Crippen LogP contribution in [-0.4, -0.2) is 17.1 Å². The molecule has 7 heteroatoms. The molecule has 3 aromatic rings. The summed E-state index contributed by atoms with van der Waals surface area (Å²) in [4.78, 5) is 8.16. The molecule has 0 saturated heterocycles. The number of halogens is 2. The summed E-state index contributed by atoms with van der Waals surface area (Å²) in [5.41, 5.74) is 1.19. The molecule has 0 saturated carbocycles. The number of hydrogen-bond acceptors (Lipinski definition) is 5. The normalized spacial score (nSPS) is 10.4. The molecule has 0 fully saturated rings. The minimum Gasteiger partial charge on any atom is -0.497 e. The van der Waals surface area contributed by atoms with Crippen LogP contribution in [0.15, 0.2) is 54.9 Å². The van der Waals surface area contributed by atoms with Gasteiger partial charge < -0.3 is 15.4 Å². The van der Waals surface area contributed by atoms with E-state index in [0.717, 1.165) is 17.4 Å². The SMILES string of the molecule is COc1ccc(CNc2cc(Nc3ccc(F)cc3F)ncn2)cc1. The van der Waals surface area contributed by atoms with E-state index in [1.807, 2.05) is 24.3 Å². The highest BCUT2D eigenvalue weighted by Gasteiger charge is 2.06. The van der Waals surface area contributed by atoms with Crippen molar-refractivity contribution < 1.29 is 13.5 Å². The number of nitrogens with one attached hydrogen (secondary N) is 2. The van der Waals surface area contributed by atoms with Gasteiger partial charge in [0.15, 0.2) is 0 Å². The molecule has 0 amide bonds. The Labute approximate surface area is 143 Å². The van der Waals surface area contributed by atoms with Gasteiger partial charge in [-0.1, -0.05) is 12.1 Å². The fraction of sp³-hybridized carbons (Fsp3) is 0.111. The summed E-state index contributed by atoms with van der Waals surface area (Å²) in [6, 6.07) is 12.6. The number of rotatable bonds is 6. The number of aromatic nitrogens is 2. The van der Waals surface area contributed by atoms with Gasteiger partial charge in [-0.2, -0.15) is 0 Å². The predicted molar refractivity (Wildman–Crippen MR) is 92.0 cm³/mol. The van der Waals surface area contributed by atoms with Crippen molar-refractivity contribution >= 4 is 17.3 Å². The van der Waals surface area contributed by atoms with Crippen LogP contribution >= 0.6 is 0 Å². The van der Waals surface area contributed by atoms with Crippen LogP contribution in [0.25, 0.3) is 0 Å². The summed E-state index contributed by atoms with van der Waals surface area (Å²) in [6.45, 7) is 0.561.